The van der Waals surface area contributed by atoms with Gasteiger partial charge in [0.15, 0.2) is 0 Å². The lowest BCUT2D eigenvalue weighted by Gasteiger charge is -2.30. The summed E-state index contributed by atoms with van der Waals surface area (Å²) in [6.07, 6.45) is 1.79. The molecule has 2 amide bonds. The zero-order chi connectivity index (χ0) is 20.3. The average Bonchev–Trinajstić information content (AvgIpc) is 3.53. The number of benzene rings is 1. The van der Waals surface area contributed by atoms with Gasteiger partial charge in [0.25, 0.3) is 5.91 Å². The molecule has 7 heteroatoms. The Morgan fingerprint density at radius 2 is 2.07 bits per heavy atom. The van der Waals surface area contributed by atoms with Crippen LogP contribution in [0.2, 0.25) is 0 Å². The number of anilines is 1. The van der Waals surface area contributed by atoms with Crippen LogP contribution in [0, 0.1) is 11.8 Å². The van der Waals surface area contributed by atoms with Crippen molar-refractivity contribution in [3.8, 4) is 5.75 Å². The number of nitrogens with zero attached hydrogens (tertiary/aromatic N) is 1. The van der Waals surface area contributed by atoms with Gasteiger partial charge < -0.3 is 25.0 Å². The number of methoxy groups -OCH3 is 1. The molecule has 1 fully saturated rings. The van der Waals surface area contributed by atoms with Crippen LogP contribution in [0.3, 0.4) is 0 Å². The molecular weight excluding hydrogens is 358 g/mol. The Morgan fingerprint density at radius 3 is 2.75 bits per heavy atom. The van der Waals surface area contributed by atoms with Crippen LogP contribution in [0.1, 0.15) is 37.0 Å². The number of ether oxygens (including phenoxy) is 2. The molecule has 1 aliphatic carbocycles. The Hall–Kier alpha value is -2.12. The lowest BCUT2D eigenvalue weighted by atomic mass is 10.0. The van der Waals surface area contributed by atoms with E-state index in [1.807, 2.05) is 0 Å². The Labute approximate surface area is 166 Å². The standard InChI is InChI=1S/C21H31N3O4/c1-13-10-22-14(2)12-28-18-8-7-16(23-20(25)15-5-6-15)9-17(18)21(26)24(3)11-19(13)27-4/h7-9,13-15,19,22H,5-6,10-12H2,1-4H3,(H,23,25)/t13-,14-,19-/m1/s1. The van der Waals surface area contributed by atoms with Crippen LogP contribution in [0.15, 0.2) is 18.2 Å². The van der Waals surface area contributed by atoms with Gasteiger partial charge in [-0.05, 0) is 43.9 Å². The molecule has 1 aliphatic heterocycles. The fourth-order valence-electron chi connectivity index (χ4n) is 3.33. The highest BCUT2D eigenvalue weighted by atomic mass is 16.5. The molecule has 0 bridgehead atoms. The summed E-state index contributed by atoms with van der Waals surface area (Å²) in [4.78, 5) is 26.9. The van der Waals surface area contributed by atoms with Crippen LogP contribution in [-0.2, 0) is 9.53 Å². The predicted octanol–water partition coefficient (Wildman–Crippen LogP) is 2.13. The van der Waals surface area contributed by atoms with Crippen molar-refractivity contribution in [3.05, 3.63) is 23.8 Å². The number of hydrogen-bond donors (Lipinski definition) is 2. The maximum Gasteiger partial charge on any atom is 0.257 e. The summed E-state index contributed by atoms with van der Waals surface area (Å²) in [5.41, 5.74) is 1.07. The maximum absolute atomic E-state index is 13.1. The molecule has 3 rings (SSSR count). The molecule has 1 heterocycles. The van der Waals surface area contributed by atoms with Crippen molar-refractivity contribution in [1.82, 2.24) is 10.2 Å². The minimum Gasteiger partial charge on any atom is -0.491 e. The van der Waals surface area contributed by atoms with Gasteiger partial charge in [-0.1, -0.05) is 6.92 Å². The predicted molar refractivity (Wildman–Crippen MR) is 108 cm³/mol. The summed E-state index contributed by atoms with van der Waals surface area (Å²) in [5.74, 6) is 0.739. The van der Waals surface area contributed by atoms with Crippen LogP contribution in [0.4, 0.5) is 5.69 Å². The number of rotatable bonds is 3. The van der Waals surface area contributed by atoms with Gasteiger partial charge in [0.05, 0.1) is 11.7 Å². The van der Waals surface area contributed by atoms with Crippen molar-refractivity contribution in [3.63, 3.8) is 0 Å². The van der Waals surface area contributed by atoms with Crippen molar-refractivity contribution in [1.29, 1.82) is 0 Å². The second-order valence-electron chi connectivity index (χ2n) is 8.03. The molecule has 0 saturated heterocycles. The second kappa shape index (κ2) is 8.92. The van der Waals surface area contributed by atoms with E-state index in [2.05, 4.69) is 24.5 Å². The van der Waals surface area contributed by atoms with Crippen molar-refractivity contribution >= 4 is 17.5 Å². The smallest absolute Gasteiger partial charge is 0.257 e. The van der Waals surface area contributed by atoms with Gasteiger partial charge in [-0.3, -0.25) is 9.59 Å². The Balaban J connectivity index is 1.87. The van der Waals surface area contributed by atoms with E-state index in [0.29, 0.717) is 30.2 Å². The van der Waals surface area contributed by atoms with E-state index in [1.54, 1.807) is 37.3 Å². The van der Waals surface area contributed by atoms with E-state index in [1.165, 1.54) is 0 Å². The maximum atomic E-state index is 13.1. The largest absolute Gasteiger partial charge is 0.491 e. The van der Waals surface area contributed by atoms with E-state index in [-0.39, 0.29) is 35.8 Å². The fourth-order valence-corrected chi connectivity index (χ4v) is 3.33. The number of carbonyl (C=O) groups is 2. The molecule has 0 radical (unpaired) electrons. The number of fused-ring (bicyclic) bond motifs is 1. The lowest BCUT2D eigenvalue weighted by molar-refractivity contribution is -0.117. The molecule has 0 spiro atoms. The van der Waals surface area contributed by atoms with E-state index >= 15 is 0 Å². The third-order valence-corrected chi connectivity index (χ3v) is 5.44. The van der Waals surface area contributed by atoms with Crippen molar-refractivity contribution in [2.75, 3.05) is 39.2 Å². The first-order valence-electron chi connectivity index (χ1n) is 9.98. The van der Waals surface area contributed by atoms with Crippen LogP contribution < -0.4 is 15.4 Å². The molecule has 154 valence electrons. The summed E-state index contributed by atoms with van der Waals surface area (Å²) >= 11 is 0. The Kier molecular flexibility index (Phi) is 6.57. The van der Waals surface area contributed by atoms with Gasteiger partial charge in [0.1, 0.15) is 12.4 Å². The van der Waals surface area contributed by atoms with E-state index in [0.717, 1.165) is 19.4 Å². The molecule has 3 atom stereocenters. The molecule has 2 N–H and O–H groups in total. The molecule has 0 unspecified atom stereocenters. The highest BCUT2D eigenvalue weighted by molar-refractivity contribution is 6.00. The summed E-state index contributed by atoms with van der Waals surface area (Å²) in [6, 6.07) is 5.40. The van der Waals surface area contributed by atoms with Crippen LogP contribution in [-0.4, -0.2) is 62.7 Å². The van der Waals surface area contributed by atoms with Gasteiger partial charge >= 0.3 is 0 Å². The molecule has 28 heavy (non-hydrogen) atoms. The van der Waals surface area contributed by atoms with Crippen LogP contribution in [0.5, 0.6) is 5.75 Å². The van der Waals surface area contributed by atoms with Gasteiger partial charge in [-0.2, -0.15) is 0 Å². The van der Waals surface area contributed by atoms with E-state index < -0.39 is 0 Å². The second-order valence-corrected chi connectivity index (χ2v) is 8.03. The monoisotopic (exact) mass is 389 g/mol. The Bertz CT molecular complexity index is 720. The summed E-state index contributed by atoms with van der Waals surface area (Å²) in [5, 5.41) is 6.37. The number of hydrogen-bond acceptors (Lipinski definition) is 5. The minimum absolute atomic E-state index is 0.0147. The molecule has 1 aromatic rings. The number of likely N-dealkylation sites (N-methyl/N-ethyl adjacent to an activating group) is 1. The molecular formula is C21H31N3O4. The highest BCUT2D eigenvalue weighted by Crippen LogP contribution is 2.31. The zero-order valence-electron chi connectivity index (χ0n) is 17.2. The first-order chi connectivity index (χ1) is 13.4. The van der Waals surface area contributed by atoms with Crippen molar-refractivity contribution in [2.45, 2.75) is 38.8 Å². The SMILES string of the molecule is CO[C@@H]1CN(C)C(=O)c2cc(NC(=O)C3CC3)ccc2OC[C@@H](C)NC[C@H]1C. The van der Waals surface area contributed by atoms with Crippen LogP contribution in [0.25, 0.3) is 0 Å². The quantitative estimate of drug-likeness (QED) is 0.828. The van der Waals surface area contributed by atoms with Crippen molar-refractivity contribution in [2.24, 2.45) is 11.8 Å². The van der Waals surface area contributed by atoms with Gasteiger partial charge in [0.2, 0.25) is 5.91 Å². The number of amides is 2. The third kappa shape index (κ3) is 5.02. The van der Waals surface area contributed by atoms with Gasteiger partial charge in [-0.25, -0.2) is 0 Å². The molecule has 1 saturated carbocycles. The number of nitrogens with one attached hydrogen (secondary N) is 2. The normalized spacial score (nSPS) is 26.5. The van der Waals surface area contributed by atoms with Crippen LogP contribution >= 0.6 is 0 Å². The van der Waals surface area contributed by atoms with Gasteiger partial charge in [-0.15, -0.1) is 0 Å². The molecule has 0 aromatic heterocycles. The first kappa shape index (κ1) is 20.6. The van der Waals surface area contributed by atoms with Crippen molar-refractivity contribution < 1.29 is 19.1 Å². The first-order valence-corrected chi connectivity index (χ1v) is 9.98. The topological polar surface area (TPSA) is 79.9 Å². The number of carbonyl (C=O) groups excluding carboxylic acids is 2. The van der Waals surface area contributed by atoms with E-state index in [9.17, 15) is 9.59 Å². The molecule has 7 nitrogen and oxygen atoms in total. The fraction of sp³-hybridized carbons (Fsp3) is 0.619. The third-order valence-electron chi connectivity index (χ3n) is 5.44. The Morgan fingerprint density at radius 1 is 1.32 bits per heavy atom. The zero-order valence-corrected chi connectivity index (χ0v) is 17.2. The molecule has 1 aromatic carbocycles. The minimum atomic E-state index is -0.145. The molecule has 2 aliphatic rings. The summed E-state index contributed by atoms with van der Waals surface area (Å²) in [7, 11) is 3.44. The van der Waals surface area contributed by atoms with E-state index in [4.69, 9.17) is 9.47 Å². The summed E-state index contributed by atoms with van der Waals surface area (Å²) < 4.78 is 11.6. The average molecular weight is 389 g/mol. The summed E-state index contributed by atoms with van der Waals surface area (Å²) in [6.45, 7) is 5.87. The van der Waals surface area contributed by atoms with Gasteiger partial charge in [0, 0.05) is 44.9 Å². The highest BCUT2D eigenvalue weighted by Gasteiger charge is 2.30. The lowest BCUT2D eigenvalue weighted by Crippen LogP contribution is -2.44.